The first kappa shape index (κ1) is 17.9. The molecule has 1 saturated heterocycles. The van der Waals surface area contributed by atoms with Gasteiger partial charge in [0.15, 0.2) is 0 Å². The van der Waals surface area contributed by atoms with Crippen molar-refractivity contribution < 1.29 is 9.53 Å². The summed E-state index contributed by atoms with van der Waals surface area (Å²) in [5, 5.41) is 6.93. The second-order valence-electron chi connectivity index (χ2n) is 5.64. The first-order valence-corrected chi connectivity index (χ1v) is 8.79. The van der Waals surface area contributed by atoms with E-state index in [0.717, 1.165) is 24.5 Å². The minimum atomic E-state index is -0.194. The number of para-hydroxylation sites is 2. The number of amides is 1. The lowest BCUT2D eigenvalue weighted by atomic mass is 10.2. The number of hydrogen-bond acceptors (Lipinski definition) is 4. The smallest absolute Gasteiger partial charge is 0.243 e. The van der Waals surface area contributed by atoms with Gasteiger partial charge in [-0.2, -0.15) is 0 Å². The highest BCUT2D eigenvalue weighted by Gasteiger charge is 2.15. The Morgan fingerprint density at radius 2 is 1.84 bits per heavy atom. The lowest BCUT2D eigenvalue weighted by Gasteiger charge is -2.30. The number of hydrogen-bond donors (Lipinski definition) is 2. The van der Waals surface area contributed by atoms with Crippen molar-refractivity contribution in [1.29, 1.82) is 0 Å². The van der Waals surface area contributed by atoms with Gasteiger partial charge >= 0.3 is 0 Å². The zero-order valence-corrected chi connectivity index (χ0v) is 15.1. The summed E-state index contributed by atoms with van der Waals surface area (Å²) >= 11 is 12.0. The van der Waals surface area contributed by atoms with Crippen LogP contribution in [0, 0.1) is 0 Å². The molecule has 0 radical (unpaired) electrons. The monoisotopic (exact) mass is 379 g/mol. The summed E-state index contributed by atoms with van der Waals surface area (Å²) < 4.78 is 5.40. The van der Waals surface area contributed by atoms with Gasteiger partial charge in [0.05, 0.1) is 41.8 Å². The van der Waals surface area contributed by atoms with E-state index >= 15 is 0 Å². The molecule has 0 saturated carbocycles. The predicted octanol–water partition coefficient (Wildman–Crippen LogP) is 3.88. The Morgan fingerprint density at radius 3 is 2.64 bits per heavy atom. The molecule has 7 heteroatoms. The second-order valence-corrected chi connectivity index (χ2v) is 6.49. The lowest BCUT2D eigenvalue weighted by molar-refractivity contribution is -0.114. The maximum atomic E-state index is 12.2. The van der Waals surface area contributed by atoms with Crippen molar-refractivity contribution in [3.8, 4) is 0 Å². The van der Waals surface area contributed by atoms with Crippen molar-refractivity contribution in [3.63, 3.8) is 0 Å². The number of morpholine rings is 1. The Bertz CT molecular complexity index is 749. The Kier molecular flexibility index (Phi) is 6.02. The van der Waals surface area contributed by atoms with E-state index in [2.05, 4.69) is 15.5 Å². The molecule has 0 aromatic heterocycles. The van der Waals surface area contributed by atoms with E-state index in [9.17, 15) is 4.79 Å². The van der Waals surface area contributed by atoms with Gasteiger partial charge in [0.1, 0.15) is 0 Å². The number of anilines is 3. The van der Waals surface area contributed by atoms with Crippen LogP contribution < -0.4 is 15.5 Å². The topological polar surface area (TPSA) is 53.6 Å². The van der Waals surface area contributed by atoms with E-state index in [4.69, 9.17) is 27.9 Å². The number of carbonyl (C=O) groups excluding carboxylic acids is 1. The van der Waals surface area contributed by atoms with Crippen molar-refractivity contribution in [2.24, 2.45) is 0 Å². The highest BCUT2D eigenvalue weighted by atomic mass is 35.5. The van der Waals surface area contributed by atoms with E-state index in [0.29, 0.717) is 28.9 Å². The molecule has 0 unspecified atom stereocenters. The number of nitrogens with one attached hydrogen (secondary N) is 2. The van der Waals surface area contributed by atoms with Crippen molar-refractivity contribution in [1.82, 2.24) is 0 Å². The normalized spacial score (nSPS) is 14.2. The molecule has 1 fully saturated rings. The minimum Gasteiger partial charge on any atom is -0.378 e. The zero-order chi connectivity index (χ0) is 17.6. The molecule has 1 heterocycles. The van der Waals surface area contributed by atoms with E-state index in [1.165, 1.54) is 0 Å². The summed E-state index contributed by atoms with van der Waals surface area (Å²) in [6, 6.07) is 12.9. The third-order valence-electron chi connectivity index (χ3n) is 3.90. The average Bonchev–Trinajstić information content (AvgIpc) is 2.64. The van der Waals surface area contributed by atoms with Gasteiger partial charge in [-0.05, 0) is 30.3 Å². The molecule has 0 aliphatic carbocycles. The average molecular weight is 380 g/mol. The molecule has 3 rings (SSSR count). The van der Waals surface area contributed by atoms with Gasteiger partial charge in [-0.3, -0.25) is 4.79 Å². The first-order chi connectivity index (χ1) is 12.1. The third-order valence-corrected chi connectivity index (χ3v) is 4.46. The molecule has 0 bridgehead atoms. The fourth-order valence-electron chi connectivity index (χ4n) is 2.67. The maximum Gasteiger partial charge on any atom is 0.243 e. The summed E-state index contributed by atoms with van der Waals surface area (Å²) in [5.41, 5.74) is 2.48. The van der Waals surface area contributed by atoms with Gasteiger partial charge in [-0.15, -0.1) is 0 Å². The summed E-state index contributed by atoms with van der Waals surface area (Å²) in [4.78, 5) is 14.5. The van der Waals surface area contributed by atoms with Gasteiger partial charge in [-0.25, -0.2) is 0 Å². The van der Waals surface area contributed by atoms with Crippen molar-refractivity contribution >= 4 is 46.2 Å². The number of benzene rings is 2. The summed E-state index contributed by atoms with van der Waals surface area (Å²) in [7, 11) is 0. The van der Waals surface area contributed by atoms with Gasteiger partial charge in [0.2, 0.25) is 5.91 Å². The molecule has 2 aromatic rings. The highest BCUT2D eigenvalue weighted by molar-refractivity contribution is 6.35. The second kappa shape index (κ2) is 8.43. The lowest BCUT2D eigenvalue weighted by Crippen LogP contribution is -2.36. The molecule has 0 atom stereocenters. The van der Waals surface area contributed by atoms with Crippen LogP contribution in [0.2, 0.25) is 10.0 Å². The van der Waals surface area contributed by atoms with Crippen LogP contribution in [-0.4, -0.2) is 38.8 Å². The standard InChI is InChI=1S/C18H19Cl2N3O2/c19-13-5-6-14(20)16(11-13)22-18(24)12-21-15-3-1-2-4-17(15)23-7-9-25-10-8-23/h1-6,11,21H,7-10,12H2,(H,22,24). The van der Waals surface area contributed by atoms with Crippen LogP contribution >= 0.6 is 23.2 Å². The minimum absolute atomic E-state index is 0.129. The van der Waals surface area contributed by atoms with Crippen LogP contribution in [0.5, 0.6) is 0 Å². The summed E-state index contributed by atoms with van der Waals surface area (Å²) in [5.74, 6) is -0.194. The first-order valence-electron chi connectivity index (χ1n) is 8.04. The predicted molar refractivity (Wildman–Crippen MR) is 103 cm³/mol. The molecule has 25 heavy (non-hydrogen) atoms. The number of ether oxygens (including phenoxy) is 1. The molecule has 1 aliphatic rings. The molecule has 1 amide bonds. The molecular weight excluding hydrogens is 361 g/mol. The van der Waals surface area contributed by atoms with Crippen molar-refractivity contribution in [2.45, 2.75) is 0 Å². The molecule has 1 aliphatic heterocycles. The van der Waals surface area contributed by atoms with E-state index < -0.39 is 0 Å². The van der Waals surface area contributed by atoms with E-state index in [-0.39, 0.29) is 12.5 Å². The Hall–Kier alpha value is -1.95. The van der Waals surface area contributed by atoms with Crippen LogP contribution in [0.25, 0.3) is 0 Å². The van der Waals surface area contributed by atoms with Gasteiger partial charge in [-0.1, -0.05) is 35.3 Å². The largest absolute Gasteiger partial charge is 0.378 e. The van der Waals surface area contributed by atoms with Crippen LogP contribution in [-0.2, 0) is 9.53 Å². The number of nitrogens with zero attached hydrogens (tertiary/aromatic N) is 1. The molecule has 2 aromatic carbocycles. The van der Waals surface area contributed by atoms with Gasteiger partial charge in [0, 0.05) is 18.1 Å². The molecule has 0 spiro atoms. The highest BCUT2D eigenvalue weighted by Crippen LogP contribution is 2.27. The number of rotatable bonds is 5. The van der Waals surface area contributed by atoms with E-state index in [1.807, 2.05) is 24.3 Å². The summed E-state index contributed by atoms with van der Waals surface area (Å²) in [6.07, 6.45) is 0. The molecular formula is C18H19Cl2N3O2. The Labute approximate surface area is 156 Å². The van der Waals surface area contributed by atoms with Crippen LogP contribution in [0.3, 0.4) is 0 Å². The van der Waals surface area contributed by atoms with E-state index in [1.54, 1.807) is 18.2 Å². The van der Waals surface area contributed by atoms with Gasteiger partial charge in [0.25, 0.3) is 0 Å². The van der Waals surface area contributed by atoms with Crippen LogP contribution in [0.4, 0.5) is 17.1 Å². The molecule has 132 valence electrons. The number of carbonyl (C=O) groups is 1. The fraction of sp³-hybridized carbons (Fsp3) is 0.278. The third kappa shape index (κ3) is 4.78. The summed E-state index contributed by atoms with van der Waals surface area (Å²) in [6.45, 7) is 3.22. The molecule has 5 nitrogen and oxygen atoms in total. The van der Waals surface area contributed by atoms with Crippen molar-refractivity contribution in [3.05, 3.63) is 52.5 Å². The van der Waals surface area contributed by atoms with Crippen molar-refractivity contribution in [2.75, 3.05) is 48.4 Å². The van der Waals surface area contributed by atoms with Gasteiger partial charge < -0.3 is 20.3 Å². The SMILES string of the molecule is O=C(CNc1ccccc1N1CCOCC1)Nc1cc(Cl)ccc1Cl. The number of halogens is 2. The Balaban J connectivity index is 1.63. The fourth-order valence-corrected chi connectivity index (χ4v) is 3.00. The molecule has 2 N–H and O–H groups in total. The van der Waals surface area contributed by atoms with Crippen LogP contribution in [0.15, 0.2) is 42.5 Å². The quantitative estimate of drug-likeness (QED) is 0.827. The zero-order valence-electron chi connectivity index (χ0n) is 13.6. The maximum absolute atomic E-state index is 12.2. The Morgan fingerprint density at radius 1 is 1.08 bits per heavy atom. The van der Waals surface area contributed by atoms with Crippen LogP contribution in [0.1, 0.15) is 0 Å².